The van der Waals surface area contributed by atoms with Crippen molar-refractivity contribution in [1.82, 2.24) is 4.98 Å². The summed E-state index contributed by atoms with van der Waals surface area (Å²) in [5, 5.41) is 0. The Balaban J connectivity index is 0.000000204. The van der Waals surface area contributed by atoms with Crippen molar-refractivity contribution in [2.45, 2.75) is 256 Å². The molecule has 2 aromatic rings. The Labute approximate surface area is 454 Å². The molecule has 6 heteroatoms. The SMILES string of the molecule is C[C@@H]1CC(=O)C[C@@H](C)C1.C[C@H](CCCC(C)(C)C)[C@H]1CC[C@H]2/C(=C/C=C3CC(C)(C)CC(C)(C)C3)CCC[C@]12C.C[C@H](CCCC(C)(C)C)[C@H]1CC[C@H]2/C(=C/CS(=O)(=O)c3nc4ccccc4s3)CCC[C@]12C. The summed E-state index contributed by atoms with van der Waals surface area (Å²) < 4.78 is 27.4. The highest BCUT2D eigenvalue weighted by molar-refractivity contribution is 7.93. The van der Waals surface area contributed by atoms with Gasteiger partial charge in [0, 0.05) is 12.8 Å². The number of aromatic nitrogens is 1. The van der Waals surface area contributed by atoms with Gasteiger partial charge in [0.1, 0.15) is 5.78 Å². The minimum atomic E-state index is -3.39. The lowest BCUT2D eigenvalue weighted by Crippen LogP contribution is -2.36. The second-order valence-electron chi connectivity index (χ2n) is 30.4. The molecule has 412 valence electrons. The molecule has 1 aromatic carbocycles. The van der Waals surface area contributed by atoms with Gasteiger partial charge in [-0.05, 0) is 195 Å². The number of ketones is 1. The number of nitrogens with zero attached hydrogens (tertiary/aromatic N) is 1. The molecule has 0 saturated heterocycles. The molecule has 10 atom stereocenters. The van der Waals surface area contributed by atoms with E-state index in [1.807, 2.05) is 24.3 Å². The molecule has 6 saturated carbocycles. The van der Waals surface area contributed by atoms with Gasteiger partial charge in [0.2, 0.25) is 14.2 Å². The van der Waals surface area contributed by atoms with Crippen LogP contribution in [0.3, 0.4) is 0 Å². The third-order valence-electron chi connectivity index (χ3n) is 19.6. The van der Waals surface area contributed by atoms with E-state index in [1.54, 1.807) is 11.1 Å². The van der Waals surface area contributed by atoms with E-state index in [0.717, 1.165) is 59.1 Å². The quantitative estimate of drug-likeness (QED) is 0.199. The lowest BCUT2D eigenvalue weighted by Gasteiger charge is -2.44. The number of Topliss-reactive ketones (excluding diaryl/α,β-unsaturated/α-hetero) is 1. The second-order valence-corrected chi connectivity index (χ2v) is 33.6. The van der Waals surface area contributed by atoms with E-state index in [4.69, 9.17) is 0 Å². The molecule has 1 aromatic heterocycles. The lowest BCUT2D eigenvalue weighted by molar-refractivity contribution is -0.122. The van der Waals surface area contributed by atoms with Gasteiger partial charge in [-0.15, -0.1) is 11.3 Å². The van der Waals surface area contributed by atoms with E-state index in [1.165, 1.54) is 139 Å². The molecule has 0 N–H and O–H groups in total. The fraction of sp³-hybridized carbons (Fsp3) is 0.791. The van der Waals surface area contributed by atoms with Crippen LogP contribution in [0.25, 0.3) is 10.2 Å². The van der Waals surface area contributed by atoms with Crippen molar-refractivity contribution in [2.75, 3.05) is 5.75 Å². The smallest absolute Gasteiger partial charge is 0.210 e. The van der Waals surface area contributed by atoms with Gasteiger partial charge in [-0.25, -0.2) is 13.4 Å². The molecular formula is C67H109NO3S2. The monoisotopic (exact) mass is 1040 g/mol. The molecule has 0 spiro atoms. The Bertz CT molecular complexity index is 2280. The Kier molecular flexibility index (Phi) is 20.0. The number of sulfone groups is 1. The van der Waals surface area contributed by atoms with Crippen molar-refractivity contribution in [3.63, 3.8) is 0 Å². The maximum absolute atomic E-state index is 13.1. The summed E-state index contributed by atoms with van der Waals surface area (Å²) in [4.78, 5) is 15.3. The van der Waals surface area contributed by atoms with Gasteiger partial charge in [-0.3, -0.25) is 4.79 Å². The van der Waals surface area contributed by atoms with Crippen molar-refractivity contribution in [3.05, 3.63) is 59.2 Å². The third kappa shape index (κ3) is 16.5. The first-order chi connectivity index (χ1) is 33.9. The first kappa shape index (κ1) is 60.2. The lowest BCUT2D eigenvalue weighted by atomic mass is 9.60. The van der Waals surface area contributed by atoms with Gasteiger partial charge in [-0.1, -0.05) is 184 Å². The number of thiazole rings is 1. The average molecular weight is 1040 g/mol. The maximum Gasteiger partial charge on any atom is 0.210 e. The molecule has 0 unspecified atom stereocenters. The van der Waals surface area contributed by atoms with Crippen LogP contribution in [0.2, 0.25) is 0 Å². The van der Waals surface area contributed by atoms with Crippen LogP contribution in [0.5, 0.6) is 0 Å². The zero-order chi connectivity index (χ0) is 53.8. The van der Waals surface area contributed by atoms with Crippen molar-refractivity contribution < 1.29 is 13.2 Å². The van der Waals surface area contributed by atoms with Gasteiger partial charge in [-0.2, -0.15) is 0 Å². The number of para-hydroxylation sites is 1. The predicted octanol–water partition coefficient (Wildman–Crippen LogP) is 20.2. The highest BCUT2D eigenvalue weighted by atomic mass is 32.2. The number of fused-ring (bicyclic) bond motifs is 3. The number of carbonyl (C=O) groups excluding carboxylic acids is 1. The summed E-state index contributed by atoms with van der Waals surface area (Å²) in [7, 11) is -3.39. The number of allylic oxidation sites excluding steroid dienone is 5. The molecule has 8 rings (SSSR count). The van der Waals surface area contributed by atoms with E-state index in [2.05, 4.69) is 134 Å². The molecule has 1 heterocycles. The highest BCUT2D eigenvalue weighted by Gasteiger charge is 2.52. The fourth-order valence-electron chi connectivity index (χ4n) is 16.8. The van der Waals surface area contributed by atoms with Crippen LogP contribution in [0.4, 0.5) is 0 Å². The third-order valence-corrected chi connectivity index (χ3v) is 22.7. The molecule has 4 nitrogen and oxygen atoms in total. The normalized spacial score (nSPS) is 32.3. The van der Waals surface area contributed by atoms with Crippen LogP contribution >= 0.6 is 11.3 Å². The van der Waals surface area contributed by atoms with E-state index >= 15 is 0 Å². The van der Waals surface area contributed by atoms with Gasteiger partial charge >= 0.3 is 0 Å². The first-order valence-corrected chi connectivity index (χ1v) is 32.5. The summed E-state index contributed by atoms with van der Waals surface area (Å²) in [6, 6.07) is 7.67. The molecule has 6 aliphatic carbocycles. The van der Waals surface area contributed by atoms with Gasteiger partial charge < -0.3 is 0 Å². The first-order valence-electron chi connectivity index (χ1n) is 30.1. The Hall–Kier alpha value is -2.05. The Morgan fingerprint density at radius 2 is 1.21 bits per heavy atom. The fourth-order valence-corrected chi connectivity index (χ4v) is 19.3. The number of hydrogen-bond donors (Lipinski definition) is 0. The van der Waals surface area contributed by atoms with Crippen LogP contribution in [0.15, 0.2) is 63.6 Å². The number of rotatable bonds is 12. The number of benzene rings is 1. The van der Waals surface area contributed by atoms with Crippen molar-refractivity contribution >= 4 is 37.2 Å². The number of hydrogen-bond acceptors (Lipinski definition) is 5. The zero-order valence-corrected chi connectivity index (χ0v) is 51.5. The van der Waals surface area contributed by atoms with Crippen LogP contribution in [0, 0.1) is 79.8 Å². The van der Waals surface area contributed by atoms with E-state index in [-0.39, 0.29) is 10.1 Å². The number of carbonyl (C=O) groups is 1. The van der Waals surface area contributed by atoms with Gasteiger partial charge in [0.15, 0.2) is 0 Å². The minimum Gasteiger partial charge on any atom is -0.300 e. The minimum absolute atomic E-state index is 0.0839. The van der Waals surface area contributed by atoms with Crippen LogP contribution in [-0.4, -0.2) is 24.9 Å². The largest absolute Gasteiger partial charge is 0.300 e. The van der Waals surface area contributed by atoms with Crippen LogP contribution in [0.1, 0.15) is 252 Å². The van der Waals surface area contributed by atoms with Gasteiger partial charge in [0.05, 0.1) is 16.0 Å². The zero-order valence-electron chi connectivity index (χ0n) is 49.9. The summed E-state index contributed by atoms with van der Waals surface area (Å²) in [5.74, 6) is 6.53. The van der Waals surface area contributed by atoms with E-state index < -0.39 is 9.84 Å². The summed E-state index contributed by atoms with van der Waals surface area (Å²) in [6.45, 7) is 38.6. The maximum atomic E-state index is 13.1. The van der Waals surface area contributed by atoms with Gasteiger partial charge in [0.25, 0.3) is 0 Å². The molecule has 6 fully saturated rings. The van der Waals surface area contributed by atoms with Crippen LogP contribution in [-0.2, 0) is 14.6 Å². The van der Waals surface area contributed by atoms with E-state index in [9.17, 15) is 13.2 Å². The van der Waals surface area contributed by atoms with Crippen molar-refractivity contribution in [3.8, 4) is 0 Å². The molecular weight excluding hydrogens is 931 g/mol. The molecule has 6 aliphatic rings. The second kappa shape index (κ2) is 24.3. The summed E-state index contributed by atoms with van der Waals surface area (Å²) in [6.07, 6.45) is 35.3. The molecule has 0 amide bonds. The molecule has 0 radical (unpaired) electrons. The Morgan fingerprint density at radius 1 is 0.712 bits per heavy atom. The van der Waals surface area contributed by atoms with Crippen LogP contribution < -0.4 is 0 Å². The van der Waals surface area contributed by atoms with E-state index in [0.29, 0.717) is 56.0 Å². The summed E-state index contributed by atoms with van der Waals surface area (Å²) in [5.41, 5.74) is 8.35. The summed E-state index contributed by atoms with van der Waals surface area (Å²) >= 11 is 1.29. The highest BCUT2D eigenvalue weighted by Crippen LogP contribution is 2.61. The van der Waals surface area contributed by atoms with Crippen molar-refractivity contribution in [2.24, 2.45) is 79.8 Å². The Morgan fingerprint density at radius 3 is 1.70 bits per heavy atom. The average Bonchev–Trinajstić information content (AvgIpc) is 3.96. The molecule has 0 bridgehead atoms. The topological polar surface area (TPSA) is 64.1 Å². The predicted molar refractivity (Wildman–Crippen MR) is 316 cm³/mol. The standard InChI is InChI=1S/C31H54.C28H41NO2S2.C8H14O/c1-23(12-10-18-28(2,3)4)26-16-17-27-25(13-11-19-31(26,27)9)15-14-24-20-29(5,6)22-30(7,8)21-24;1-20(10-8-17-27(2,3)4)22-14-15-23-21(11-9-18-28(22,23)5)16-19-33(30,31)26-29-24-12-6-7-13-25(24)32-26;1-6-3-7(2)5-8(9)4-6/h14-15,23,26-27H,10-13,16-22H2,1-9H3;6-7,12-13,16,20,22-23H,8-11,14-15,17-19H2,1-5H3;6-7H,3-5H2,1-2H3/b25-15+;21-16+;/t23-,26-,27+,31-;20-,22-,23+,28-;6-,7-/m110/s1. The van der Waals surface area contributed by atoms with Crippen molar-refractivity contribution in [1.29, 1.82) is 0 Å². The molecule has 0 aliphatic heterocycles. The molecule has 73 heavy (non-hydrogen) atoms.